The van der Waals surface area contributed by atoms with Crippen LogP contribution < -0.4 is 15.2 Å². The van der Waals surface area contributed by atoms with Gasteiger partial charge in [0.25, 0.3) is 0 Å². The molecule has 0 bridgehead atoms. The SMILES string of the molecule is COc1ccc(OCc2cccc(C#N)c2F)c(N)c1. The van der Waals surface area contributed by atoms with Gasteiger partial charge in [0, 0.05) is 11.6 Å². The monoisotopic (exact) mass is 272 g/mol. The van der Waals surface area contributed by atoms with E-state index in [1.54, 1.807) is 36.4 Å². The maximum absolute atomic E-state index is 13.8. The number of hydrogen-bond donors (Lipinski definition) is 1. The Hall–Kier alpha value is -2.74. The largest absolute Gasteiger partial charge is 0.497 e. The fourth-order valence-electron chi connectivity index (χ4n) is 1.72. The number of methoxy groups -OCH3 is 1. The Bertz CT molecular complexity index is 665. The van der Waals surface area contributed by atoms with Crippen molar-refractivity contribution in [1.29, 1.82) is 5.26 Å². The lowest BCUT2D eigenvalue weighted by Gasteiger charge is -2.11. The Morgan fingerprint density at radius 1 is 1.30 bits per heavy atom. The van der Waals surface area contributed by atoms with E-state index in [1.807, 2.05) is 0 Å². The normalized spacial score (nSPS) is 9.85. The molecule has 20 heavy (non-hydrogen) atoms. The van der Waals surface area contributed by atoms with Crippen LogP contribution in [-0.2, 0) is 6.61 Å². The lowest BCUT2D eigenvalue weighted by atomic mass is 10.1. The average molecular weight is 272 g/mol. The van der Waals surface area contributed by atoms with Crippen LogP contribution in [0.25, 0.3) is 0 Å². The summed E-state index contributed by atoms with van der Waals surface area (Å²) in [6.07, 6.45) is 0. The lowest BCUT2D eigenvalue weighted by Crippen LogP contribution is -2.02. The van der Waals surface area contributed by atoms with E-state index in [4.69, 9.17) is 20.5 Å². The fourth-order valence-corrected chi connectivity index (χ4v) is 1.72. The van der Waals surface area contributed by atoms with Gasteiger partial charge in [0.1, 0.15) is 30.0 Å². The zero-order valence-electron chi connectivity index (χ0n) is 10.9. The number of hydrogen-bond acceptors (Lipinski definition) is 4. The maximum atomic E-state index is 13.8. The molecule has 0 spiro atoms. The molecule has 0 saturated carbocycles. The molecule has 0 heterocycles. The van der Waals surface area contributed by atoms with Crippen LogP contribution in [0, 0.1) is 17.1 Å². The van der Waals surface area contributed by atoms with Gasteiger partial charge in [-0.15, -0.1) is 0 Å². The zero-order chi connectivity index (χ0) is 14.5. The lowest BCUT2D eigenvalue weighted by molar-refractivity contribution is 0.301. The van der Waals surface area contributed by atoms with Gasteiger partial charge in [-0.2, -0.15) is 5.26 Å². The quantitative estimate of drug-likeness (QED) is 0.869. The second-order valence-corrected chi connectivity index (χ2v) is 4.08. The van der Waals surface area contributed by atoms with E-state index in [1.165, 1.54) is 13.2 Å². The van der Waals surface area contributed by atoms with Crippen molar-refractivity contribution in [2.75, 3.05) is 12.8 Å². The summed E-state index contributed by atoms with van der Waals surface area (Å²) in [5.74, 6) is 0.488. The second-order valence-electron chi connectivity index (χ2n) is 4.08. The minimum Gasteiger partial charge on any atom is -0.497 e. The van der Waals surface area contributed by atoms with Gasteiger partial charge in [-0.1, -0.05) is 12.1 Å². The summed E-state index contributed by atoms with van der Waals surface area (Å²) < 4.78 is 24.3. The highest BCUT2D eigenvalue weighted by molar-refractivity contribution is 5.56. The van der Waals surface area contributed by atoms with Crippen molar-refractivity contribution >= 4 is 5.69 Å². The van der Waals surface area contributed by atoms with Gasteiger partial charge >= 0.3 is 0 Å². The molecule has 2 rings (SSSR count). The number of nitriles is 1. The molecule has 0 radical (unpaired) electrons. The first-order chi connectivity index (χ1) is 9.65. The van der Waals surface area contributed by atoms with Crippen molar-refractivity contribution in [3.63, 3.8) is 0 Å². The third-order valence-electron chi connectivity index (χ3n) is 2.80. The van der Waals surface area contributed by atoms with E-state index in [0.29, 0.717) is 22.7 Å². The molecule has 2 aromatic carbocycles. The summed E-state index contributed by atoms with van der Waals surface area (Å²) in [7, 11) is 1.54. The van der Waals surface area contributed by atoms with Crippen LogP contribution in [-0.4, -0.2) is 7.11 Å². The molecule has 4 nitrogen and oxygen atoms in total. The van der Waals surface area contributed by atoms with Crippen molar-refractivity contribution in [3.05, 3.63) is 53.3 Å². The first kappa shape index (κ1) is 13.7. The summed E-state index contributed by atoms with van der Waals surface area (Å²) in [4.78, 5) is 0. The van der Waals surface area contributed by atoms with Crippen LogP contribution in [0.3, 0.4) is 0 Å². The van der Waals surface area contributed by atoms with Crippen molar-refractivity contribution in [1.82, 2.24) is 0 Å². The Balaban J connectivity index is 2.15. The minimum absolute atomic E-state index is 0.00210. The first-order valence-electron chi connectivity index (χ1n) is 5.89. The number of nitrogens with zero attached hydrogens (tertiary/aromatic N) is 1. The molecule has 0 aliphatic rings. The van der Waals surface area contributed by atoms with Gasteiger partial charge in [-0.25, -0.2) is 4.39 Å². The summed E-state index contributed by atoms with van der Waals surface area (Å²) in [5, 5.41) is 8.77. The molecule has 5 heteroatoms. The van der Waals surface area contributed by atoms with Gasteiger partial charge in [0.05, 0.1) is 18.4 Å². The molecule has 0 fully saturated rings. The number of halogens is 1. The number of rotatable bonds is 4. The highest BCUT2D eigenvalue weighted by Gasteiger charge is 2.09. The summed E-state index contributed by atoms with van der Waals surface area (Å²) in [6, 6.07) is 11.4. The second kappa shape index (κ2) is 5.93. The maximum Gasteiger partial charge on any atom is 0.147 e. The van der Waals surface area contributed by atoms with Gasteiger partial charge in [0.2, 0.25) is 0 Å². The van der Waals surface area contributed by atoms with E-state index in [0.717, 1.165) is 0 Å². The Labute approximate surface area is 116 Å². The van der Waals surface area contributed by atoms with Gasteiger partial charge in [-0.3, -0.25) is 0 Å². The van der Waals surface area contributed by atoms with Crippen molar-refractivity contribution in [2.45, 2.75) is 6.61 Å². The summed E-state index contributed by atoms with van der Waals surface area (Å²) in [6.45, 7) is -0.00210. The summed E-state index contributed by atoms with van der Waals surface area (Å²) >= 11 is 0. The highest BCUT2D eigenvalue weighted by atomic mass is 19.1. The zero-order valence-corrected chi connectivity index (χ0v) is 10.9. The van der Waals surface area contributed by atoms with Gasteiger partial charge in [0.15, 0.2) is 0 Å². The molecule has 0 saturated heterocycles. The smallest absolute Gasteiger partial charge is 0.147 e. The van der Waals surface area contributed by atoms with Crippen LogP contribution in [0.1, 0.15) is 11.1 Å². The Morgan fingerprint density at radius 2 is 2.10 bits per heavy atom. The number of nitrogen functional groups attached to an aromatic ring is 1. The third-order valence-corrected chi connectivity index (χ3v) is 2.80. The molecule has 0 atom stereocenters. The van der Waals surface area contributed by atoms with Crippen molar-refractivity contribution in [2.24, 2.45) is 0 Å². The van der Waals surface area contributed by atoms with Crippen LogP contribution in [0.2, 0.25) is 0 Å². The molecule has 0 unspecified atom stereocenters. The van der Waals surface area contributed by atoms with Crippen LogP contribution in [0.4, 0.5) is 10.1 Å². The molecular weight excluding hydrogens is 259 g/mol. The van der Waals surface area contributed by atoms with Gasteiger partial charge in [-0.05, 0) is 18.2 Å². The van der Waals surface area contributed by atoms with Crippen molar-refractivity contribution < 1.29 is 13.9 Å². The fraction of sp³-hybridized carbons (Fsp3) is 0.133. The number of anilines is 1. The van der Waals surface area contributed by atoms with E-state index in [2.05, 4.69) is 0 Å². The Morgan fingerprint density at radius 3 is 2.75 bits per heavy atom. The van der Waals surface area contributed by atoms with Crippen LogP contribution >= 0.6 is 0 Å². The van der Waals surface area contributed by atoms with E-state index >= 15 is 0 Å². The van der Waals surface area contributed by atoms with E-state index in [9.17, 15) is 4.39 Å². The summed E-state index contributed by atoms with van der Waals surface area (Å²) in [5.41, 5.74) is 6.51. The van der Waals surface area contributed by atoms with Crippen LogP contribution in [0.5, 0.6) is 11.5 Å². The van der Waals surface area contributed by atoms with E-state index < -0.39 is 5.82 Å². The highest BCUT2D eigenvalue weighted by Crippen LogP contribution is 2.27. The standard InChI is InChI=1S/C15H13FN2O2/c1-19-12-5-6-14(13(18)7-12)20-9-11-4-2-3-10(8-17)15(11)16/h2-7H,9,18H2,1H3. The molecule has 0 aromatic heterocycles. The number of ether oxygens (including phenoxy) is 2. The van der Waals surface area contributed by atoms with Crippen molar-refractivity contribution in [3.8, 4) is 17.6 Å². The number of nitrogens with two attached hydrogens (primary N) is 1. The molecule has 102 valence electrons. The molecule has 0 aliphatic heterocycles. The third kappa shape index (κ3) is 2.81. The molecule has 2 aromatic rings. The van der Waals surface area contributed by atoms with Gasteiger partial charge < -0.3 is 15.2 Å². The van der Waals surface area contributed by atoms with Crippen LogP contribution in [0.15, 0.2) is 36.4 Å². The first-order valence-corrected chi connectivity index (χ1v) is 5.89. The predicted octanol–water partition coefficient (Wildman–Crippen LogP) is 2.87. The molecular formula is C15H13FN2O2. The number of benzene rings is 2. The van der Waals surface area contributed by atoms with E-state index in [-0.39, 0.29) is 12.2 Å². The molecule has 0 amide bonds. The Kier molecular flexibility index (Phi) is 4.06. The molecule has 2 N–H and O–H groups in total. The average Bonchev–Trinajstić information content (AvgIpc) is 2.47. The topological polar surface area (TPSA) is 68.3 Å². The minimum atomic E-state index is -0.568. The molecule has 0 aliphatic carbocycles. The predicted molar refractivity (Wildman–Crippen MR) is 72.9 cm³/mol.